The lowest BCUT2D eigenvalue weighted by molar-refractivity contribution is -0.236. The van der Waals surface area contributed by atoms with Gasteiger partial charge >= 0.3 is 0 Å². The summed E-state index contributed by atoms with van der Waals surface area (Å²) in [6.07, 6.45) is 10.0. The Labute approximate surface area is 770 Å². The molecular formula is C95H157N13O22. The third-order valence-electron chi connectivity index (χ3n) is 26.2. The van der Waals surface area contributed by atoms with Gasteiger partial charge < -0.3 is 102 Å². The fourth-order valence-electron chi connectivity index (χ4n) is 17.7. The van der Waals surface area contributed by atoms with Crippen molar-refractivity contribution in [2.75, 3.05) is 69.8 Å². The molecule has 0 bridgehead atoms. The maximum absolute atomic E-state index is 14.9. The lowest BCUT2D eigenvalue weighted by Gasteiger charge is -2.44. The first kappa shape index (κ1) is 110. The van der Waals surface area contributed by atoms with E-state index in [2.05, 4.69) is 133 Å². The molecule has 12 N–H and O–H groups in total. The van der Waals surface area contributed by atoms with Crippen molar-refractivity contribution in [3.8, 4) is 0 Å². The Balaban J connectivity index is 1.18. The van der Waals surface area contributed by atoms with Gasteiger partial charge in [0.25, 0.3) is 17.7 Å². The van der Waals surface area contributed by atoms with Crippen molar-refractivity contribution in [1.29, 1.82) is 0 Å². The first-order valence-corrected chi connectivity index (χ1v) is 48.2. The molecule has 35 heteroatoms. The Morgan fingerprint density at radius 1 is 0.346 bits per heavy atom. The van der Waals surface area contributed by atoms with Crippen molar-refractivity contribution < 1.29 is 105 Å². The molecule has 21 unspecified atom stereocenters. The molecule has 0 aliphatic carbocycles. The maximum atomic E-state index is 14.9. The molecule has 5 heterocycles. The molecule has 0 saturated carbocycles. The molecule has 4 fully saturated rings. The van der Waals surface area contributed by atoms with Crippen LogP contribution in [-0.2, 0) is 100 Å². The molecular weight excluding hydrogens is 1680 g/mol. The zero-order chi connectivity index (χ0) is 95.5. The number of amides is 14. The molecule has 1 aromatic carbocycles. The van der Waals surface area contributed by atoms with E-state index in [-0.39, 0.29) is 245 Å². The Morgan fingerprint density at radius 2 is 0.638 bits per heavy atom. The van der Waals surface area contributed by atoms with Crippen molar-refractivity contribution >= 4 is 94.1 Å². The van der Waals surface area contributed by atoms with Gasteiger partial charge in [0.1, 0.15) is 12.1 Å². The predicted molar refractivity (Wildman–Crippen MR) is 490 cm³/mol. The lowest BCUT2D eigenvalue weighted by atomic mass is 9.81. The molecule has 35 nitrogen and oxygen atoms in total. The van der Waals surface area contributed by atoms with E-state index in [0.717, 1.165) is 30.6 Å². The van der Waals surface area contributed by atoms with Gasteiger partial charge in [0.05, 0.1) is 48.6 Å². The van der Waals surface area contributed by atoms with Crippen molar-refractivity contribution in [2.45, 2.75) is 364 Å². The third kappa shape index (κ3) is 37.5. The molecule has 1 aromatic rings. The van der Waals surface area contributed by atoms with Crippen LogP contribution in [0.3, 0.4) is 0 Å². The summed E-state index contributed by atoms with van der Waals surface area (Å²) in [6.45, 7) is 32.4. The van der Waals surface area contributed by atoms with Gasteiger partial charge in [-0.3, -0.25) is 72.0 Å². The molecule has 4 saturated heterocycles. The van der Waals surface area contributed by atoms with Gasteiger partial charge in [0.15, 0.2) is 25.2 Å². The van der Waals surface area contributed by atoms with Crippen molar-refractivity contribution in [3.63, 3.8) is 0 Å². The van der Waals surface area contributed by atoms with Gasteiger partial charge in [-0.2, -0.15) is 0 Å². The number of unbranched alkanes of at least 4 members (excludes halogenated alkanes) is 8. The number of carbonyl (C=O) groups excluding carboxylic acids is 14. The van der Waals surface area contributed by atoms with E-state index < -0.39 is 78.9 Å². The second kappa shape index (κ2) is 58.4. The number of anilines is 2. The molecule has 0 radical (unpaired) electrons. The van der Waals surface area contributed by atoms with Crippen LogP contribution in [0.15, 0.2) is 30.4 Å². The summed E-state index contributed by atoms with van der Waals surface area (Å²) in [5.41, 5.74) is 0.0149. The van der Waals surface area contributed by atoms with E-state index in [9.17, 15) is 67.1 Å². The largest absolute Gasteiger partial charge is 0.356 e. The summed E-state index contributed by atoms with van der Waals surface area (Å²) in [5, 5.41) is 35.1. The van der Waals surface area contributed by atoms with Crippen LogP contribution in [-0.4, -0.2) is 233 Å². The number of hydrogen-bond acceptors (Lipinski definition) is 22. The highest BCUT2D eigenvalue weighted by Crippen LogP contribution is 2.38. The lowest BCUT2D eigenvalue weighted by Crippen LogP contribution is -2.57. The number of carbonyl (C=O) groups is 14. The number of ether oxygens (including phenoxy) is 8. The Hall–Kier alpha value is -8.58. The number of benzene rings is 1. The summed E-state index contributed by atoms with van der Waals surface area (Å²) in [6, 6.07) is 0.408. The first-order chi connectivity index (χ1) is 62.1. The molecule has 6 rings (SSSR count). The van der Waals surface area contributed by atoms with E-state index in [1.54, 1.807) is 0 Å². The van der Waals surface area contributed by atoms with Gasteiger partial charge in [-0.05, 0) is 194 Å². The van der Waals surface area contributed by atoms with Crippen molar-refractivity contribution in [3.05, 3.63) is 35.9 Å². The van der Waals surface area contributed by atoms with Crippen LogP contribution in [0.1, 0.15) is 288 Å². The van der Waals surface area contributed by atoms with E-state index in [1.165, 1.54) is 58.0 Å². The molecule has 130 heavy (non-hydrogen) atoms. The Bertz CT molecular complexity index is 3610. The minimum atomic E-state index is -1.18. The molecule has 14 amide bonds. The van der Waals surface area contributed by atoms with Crippen molar-refractivity contribution in [2.24, 2.45) is 47.3 Å². The van der Waals surface area contributed by atoms with Crippen LogP contribution in [0.5, 0.6) is 0 Å². The summed E-state index contributed by atoms with van der Waals surface area (Å²) in [7, 11) is 0. The Morgan fingerprint density at radius 3 is 0.946 bits per heavy atom. The van der Waals surface area contributed by atoms with Crippen LogP contribution < -0.4 is 63.8 Å². The number of rotatable bonds is 58. The number of nitrogens with one attached hydrogen (secondary N) is 12. The average molecular weight is 1830 g/mol. The standard InChI is InChI=1S/C95H157N13O22/c1-17-74-57(5)61(9)85(100-65(13)109)92(127-74)123-50-32-25-39-78(113)96-45-29-23-36-72(106-81(116)41-27-34-52-125-94-87(102-67(15)111)63(11)59(7)76(19-3)129-94)90(121)104-70-54-69(89(120)99-48-47-98-80(115)38-22-21-31-49-108-83(118)43-44-84(108)119)55-71(56-70)105-91(122)73(107-82(117)42-28-35-53-126-95-88(103-68(16)112)64(12)60(8)77(20-4)130-95)37-24-30-46-97-79(114)40-26-33-51-124-93-86(101-66(14)110)62(10)58(6)75(18-2)128-93/h43-44,54-64,72-77,85-88,92-95H,17-42,45-53H2,1-16H3,(H,96,113)(H,97,114)(H,98,115)(H,99,120)(H,100,109)(H,101,110)(H,102,111)(H,103,112)(H,104,121)(H,105,122)(H,106,116)(H,107,117)/t57?,58?,59?,60?,61?,62?,63?,64?,72-,73?,74?,75?,76?,77?,85?,86?,87?,88?,92?,93?,94?,95?/m0/s1. The van der Waals surface area contributed by atoms with Gasteiger partial charge in [-0.15, -0.1) is 0 Å². The zero-order valence-corrected chi connectivity index (χ0v) is 80.3. The molecule has 5 aliphatic rings. The van der Waals surface area contributed by atoms with Crippen LogP contribution in [0.4, 0.5) is 11.4 Å². The average Bonchev–Trinajstić information content (AvgIpc) is 1.16. The number of nitrogens with zero attached hydrogens (tertiary/aromatic N) is 1. The molecule has 734 valence electrons. The highest BCUT2D eigenvalue weighted by Gasteiger charge is 2.46. The monoisotopic (exact) mass is 1830 g/mol. The van der Waals surface area contributed by atoms with Gasteiger partial charge in [0, 0.05) is 148 Å². The second-order valence-electron chi connectivity index (χ2n) is 36.2. The van der Waals surface area contributed by atoms with Crippen molar-refractivity contribution in [1.82, 2.24) is 58.1 Å². The third-order valence-corrected chi connectivity index (χ3v) is 26.2. The highest BCUT2D eigenvalue weighted by molar-refractivity contribution is 6.13. The summed E-state index contributed by atoms with van der Waals surface area (Å²) in [5.74, 6) is -4.12. The fourth-order valence-corrected chi connectivity index (χ4v) is 17.7. The minimum absolute atomic E-state index is 0.0100. The first-order valence-electron chi connectivity index (χ1n) is 48.2. The van der Waals surface area contributed by atoms with E-state index >= 15 is 0 Å². The SMILES string of the molecule is CCC1OC(OCCCCC(=O)NCCCCC(NC(=O)CCCCOC2OC(CC)C(C)C(C)C2NC(C)=O)C(=O)Nc2cc(NC(=O)[C@H](CCCCNC(=O)CCCCOC3OC(CC)C(C)C(C)C3NC(C)=O)NC(=O)CCCCOC3OC(CC)C(C)C(C)C3NC(C)=O)cc(C(=O)NCCNC(=O)CCCCCN3C(=O)C=CC3=O)c2)C(NC(C)=O)C(C)C1C. The number of hydrogen-bond donors (Lipinski definition) is 12. The second-order valence-corrected chi connectivity index (χ2v) is 36.2. The predicted octanol–water partition coefficient (Wildman–Crippen LogP) is 8.83. The van der Waals surface area contributed by atoms with Gasteiger partial charge in [-0.1, -0.05) is 89.5 Å². The smallest absolute Gasteiger partial charge is 0.253 e. The van der Waals surface area contributed by atoms with Crippen LogP contribution in [0.2, 0.25) is 0 Å². The van der Waals surface area contributed by atoms with Crippen LogP contribution in [0.25, 0.3) is 0 Å². The molecule has 22 atom stereocenters. The quantitative estimate of drug-likeness (QED) is 0.0214. The van der Waals surface area contributed by atoms with E-state index in [0.29, 0.717) is 110 Å². The normalized spacial score (nSPS) is 26.4. The Kier molecular flexibility index (Phi) is 49.5. The van der Waals surface area contributed by atoms with Gasteiger partial charge in [-0.25, -0.2) is 0 Å². The highest BCUT2D eigenvalue weighted by atomic mass is 16.7. The zero-order valence-electron chi connectivity index (χ0n) is 80.3. The molecule has 0 spiro atoms. The summed E-state index contributed by atoms with van der Waals surface area (Å²) < 4.78 is 50.2. The number of imide groups is 1. The maximum Gasteiger partial charge on any atom is 0.253 e. The molecule has 0 aromatic heterocycles. The van der Waals surface area contributed by atoms with Crippen LogP contribution in [0, 0.1) is 47.3 Å². The summed E-state index contributed by atoms with van der Waals surface area (Å²) >= 11 is 0. The van der Waals surface area contributed by atoms with E-state index in [1.807, 2.05) is 13.8 Å². The topological polar surface area (TPSA) is 460 Å². The summed E-state index contributed by atoms with van der Waals surface area (Å²) in [4.78, 5) is 186. The van der Waals surface area contributed by atoms with Crippen LogP contribution >= 0.6 is 0 Å². The fraction of sp³-hybridized carbons (Fsp3) is 0.768. The van der Waals surface area contributed by atoms with Gasteiger partial charge in [0.2, 0.25) is 65.0 Å². The molecule has 5 aliphatic heterocycles. The van der Waals surface area contributed by atoms with E-state index in [4.69, 9.17) is 37.9 Å². The minimum Gasteiger partial charge on any atom is -0.356 e.